The molecule has 23 heavy (non-hydrogen) atoms. The molecule has 0 aromatic carbocycles. The second-order valence-electron chi connectivity index (χ2n) is 5.79. The Labute approximate surface area is 132 Å². The Bertz CT molecular complexity index is 904. The maximum absolute atomic E-state index is 12.9. The van der Waals surface area contributed by atoms with Crippen molar-refractivity contribution in [2.24, 2.45) is 14.1 Å². The van der Waals surface area contributed by atoms with Crippen LogP contribution in [0.2, 0.25) is 0 Å². The first-order valence-electron chi connectivity index (χ1n) is 7.52. The van der Waals surface area contributed by atoms with Gasteiger partial charge in [0.25, 0.3) is 5.56 Å². The number of ether oxygens (including phenoxy) is 1. The fourth-order valence-corrected chi connectivity index (χ4v) is 3.21. The molecule has 2 aromatic heterocycles. The summed E-state index contributed by atoms with van der Waals surface area (Å²) in [4.78, 5) is 39.1. The number of methoxy groups -OCH3 is 1. The summed E-state index contributed by atoms with van der Waals surface area (Å²) in [5.74, 6) is -0.672. The number of hydrogen-bond acceptors (Lipinski definition) is 5. The number of rotatable bonds is 2. The Hall–Kier alpha value is -2.57. The van der Waals surface area contributed by atoms with E-state index in [4.69, 9.17) is 4.74 Å². The van der Waals surface area contributed by atoms with Crippen molar-refractivity contribution < 1.29 is 9.53 Å². The van der Waals surface area contributed by atoms with Gasteiger partial charge in [-0.05, 0) is 12.8 Å². The summed E-state index contributed by atoms with van der Waals surface area (Å²) >= 11 is 0. The molecule has 0 bridgehead atoms. The Morgan fingerprint density at radius 2 is 1.83 bits per heavy atom. The fraction of sp³-hybridized carbons (Fsp3) is 0.438. The highest BCUT2D eigenvalue weighted by Gasteiger charge is 2.23. The van der Waals surface area contributed by atoms with Gasteiger partial charge in [0.15, 0.2) is 0 Å². The quantitative estimate of drug-likeness (QED) is 0.759. The largest absolute Gasteiger partial charge is 0.465 e. The van der Waals surface area contributed by atoms with E-state index < -0.39 is 11.4 Å². The second kappa shape index (κ2) is 5.57. The van der Waals surface area contributed by atoms with Crippen LogP contribution >= 0.6 is 0 Å². The monoisotopic (exact) mass is 317 g/mol. The molecular formula is C16H19N3O4. The highest BCUT2D eigenvalue weighted by atomic mass is 16.5. The molecule has 0 atom stereocenters. The first-order valence-corrected chi connectivity index (χ1v) is 7.52. The number of nitrogens with zero attached hydrogens (tertiary/aromatic N) is 3. The van der Waals surface area contributed by atoms with Crippen LogP contribution in [0, 0.1) is 0 Å². The van der Waals surface area contributed by atoms with E-state index in [2.05, 4.69) is 0 Å². The standard InChI is InChI=1S/C16H19N3O4/c1-17-9-10(16(22)23-3)14(21)13-11(19-6-4-5-7-19)8-12(20)18(2)15(13)17/h8-9H,4-7H2,1-3H3. The van der Waals surface area contributed by atoms with Gasteiger partial charge in [0.1, 0.15) is 11.2 Å². The van der Waals surface area contributed by atoms with E-state index >= 15 is 0 Å². The Kier molecular flexibility index (Phi) is 3.71. The maximum Gasteiger partial charge on any atom is 0.343 e. The van der Waals surface area contributed by atoms with Gasteiger partial charge in [-0.15, -0.1) is 0 Å². The molecule has 0 radical (unpaired) electrons. The fourth-order valence-electron chi connectivity index (χ4n) is 3.21. The van der Waals surface area contributed by atoms with Crippen molar-refractivity contribution in [3.63, 3.8) is 0 Å². The average Bonchev–Trinajstić information content (AvgIpc) is 3.06. The van der Waals surface area contributed by atoms with E-state index in [0.717, 1.165) is 25.9 Å². The predicted molar refractivity (Wildman–Crippen MR) is 87.2 cm³/mol. The molecule has 7 nitrogen and oxygen atoms in total. The third kappa shape index (κ3) is 2.32. The van der Waals surface area contributed by atoms with E-state index in [1.54, 1.807) is 18.7 Å². The third-order valence-electron chi connectivity index (χ3n) is 4.37. The van der Waals surface area contributed by atoms with Crippen molar-refractivity contribution in [3.05, 3.63) is 38.4 Å². The Morgan fingerprint density at radius 1 is 1.17 bits per heavy atom. The van der Waals surface area contributed by atoms with Gasteiger partial charge in [0.2, 0.25) is 5.43 Å². The van der Waals surface area contributed by atoms with Gasteiger partial charge in [-0.25, -0.2) is 4.79 Å². The molecule has 0 amide bonds. The highest BCUT2D eigenvalue weighted by Crippen LogP contribution is 2.25. The van der Waals surface area contributed by atoms with Crippen molar-refractivity contribution in [1.29, 1.82) is 0 Å². The topological polar surface area (TPSA) is 73.5 Å². The minimum atomic E-state index is -0.672. The number of esters is 1. The van der Waals surface area contributed by atoms with E-state index in [1.807, 2.05) is 4.90 Å². The third-order valence-corrected chi connectivity index (χ3v) is 4.37. The molecule has 0 saturated carbocycles. The summed E-state index contributed by atoms with van der Waals surface area (Å²) in [6.07, 6.45) is 3.46. The summed E-state index contributed by atoms with van der Waals surface area (Å²) < 4.78 is 7.76. The molecule has 3 rings (SSSR count). The van der Waals surface area contributed by atoms with Crippen LogP contribution in [0.3, 0.4) is 0 Å². The molecule has 1 saturated heterocycles. The van der Waals surface area contributed by atoms with Crippen LogP contribution in [0.1, 0.15) is 23.2 Å². The normalized spacial score (nSPS) is 14.5. The van der Waals surface area contributed by atoms with Crippen LogP contribution in [-0.4, -0.2) is 35.3 Å². The van der Waals surface area contributed by atoms with E-state index in [1.165, 1.54) is 23.9 Å². The van der Waals surface area contributed by atoms with Crippen LogP contribution in [0.15, 0.2) is 21.9 Å². The molecule has 0 spiro atoms. The van der Waals surface area contributed by atoms with Crippen molar-refractivity contribution in [3.8, 4) is 0 Å². The first-order chi connectivity index (χ1) is 11.0. The number of hydrogen-bond donors (Lipinski definition) is 0. The SMILES string of the molecule is COC(=O)c1cn(C)c2c(c(N3CCCC3)cc(=O)n2C)c1=O. The van der Waals surface area contributed by atoms with Gasteiger partial charge in [-0.1, -0.05) is 0 Å². The molecule has 3 heterocycles. The van der Waals surface area contributed by atoms with Crippen LogP contribution < -0.4 is 15.9 Å². The number of aryl methyl sites for hydroxylation is 2. The van der Waals surface area contributed by atoms with E-state index in [-0.39, 0.29) is 11.1 Å². The van der Waals surface area contributed by atoms with Gasteiger partial charge in [-0.3, -0.25) is 14.2 Å². The molecule has 122 valence electrons. The molecule has 1 aliphatic heterocycles. The molecule has 7 heteroatoms. The van der Waals surface area contributed by atoms with Gasteiger partial charge >= 0.3 is 5.97 Å². The summed E-state index contributed by atoms with van der Waals surface area (Å²) in [7, 11) is 4.57. The zero-order chi connectivity index (χ0) is 16.7. The minimum Gasteiger partial charge on any atom is -0.465 e. The zero-order valence-corrected chi connectivity index (χ0v) is 13.5. The highest BCUT2D eigenvalue weighted by molar-refractivity contribution is 5.97. The van der Waals surface area contributed by atoms with Crippen molar-refractivity contribution in [2.75, 3.05) is 25.1 Å². The first kappa shape index (κ1) is 15.3. The van der Waals surface area contributed by atoms with Gasteiger partial charge < -0.3 is 14.2 Å². The molecule has 0 unspecified atom stereocenters. The smallest absolute Gasteiger partial charge is 0.343 e. The van der Waals surface area contributed by atoms with Crippen molar-refractivity contribution in [2.45, 2.75) is 12.8 Å². The second-order valence-corrected chi connectivity index (χ2v) is 5.79. The molecule has 1 aliphatic rings. The van der Waals surface area contributed by atoms with Crippen LogP contribution in [0.5, 0.6) is 0 Å². The van der Waals surface area contributed by atoms with Crippen LogP contribution in [-0.2, 0) is 18.8 Å². The average molecular weight is 317 g/mol. The summed E-state index contributed by atoms with van der Waals surface area (Å²) in [6, 6.07) is 1.48. The van der Waals surface area contributed by atoms with Crippen molar-refractivity contribution in [1.82, 2.24) is 9.13 Å². The molecular weight excluding hydrogens is 298 g/mol. The number of carbonyl (C=O) groups excluding carboxylic acids is 1. The molecule has 1 fully saturated rings. The Morgan fingerprint density at radius 3 is 2.43 bits per heavy atom. The van der Waals surface area contributed by atoms with Gasteiger partial charge in [0, 0.05) is 39.4 Å². The summed E-state index contributed by atoms with van der Waals surface area (Å²) in [6.45, 7) is 1.60. The maximum atomic E-state index is 12.9. The zero-order valence-electron chi connectivity index (χ0n) is 13.5. The molecule has 2 aromatic rings. The summed E-state index contributed by atoms with van der Waals surface area (Å²) in [5.41, 5.74) is 0.494. The van der Waals surface area contributed by atoms with Gasteiger partial charge in [-0.2, -0.15) is 0 Å². The lowest BCUT2D eigenvalue weighted by molar-refractivity contribution is 0.0598. The molecule has 0 N–H and O–H groups in total. The lowest BCUT2D eigenvalue weighted by Gasteiger charge is -2.21. The van der Waals surface area contributed by atoms with Crippen LogP contribution in [0.4, 0.5) is 5.69 Å². The predicted octanol–water partition coefficient (Wildman–Crippen LogP) is 0.624. The van der Waals surface area contributed by atoms with Crippen LogP contribution in [0.25, 0.3) is 11.0 Å². The number of carbonyl (C=O) groups is 1. The number of aromatic nitrogens is 2. The van der Waals surface area contributed by atoms with Gasteiger partial charge in [0.05, 0.1) is 18.2 Å². The summed E-state index contributed by atoms with van der Waals surface area (Å²) in [5, 5.41) is 0.388. The molecule has 0 aliphatic carbocycles. The van der Waals surface area contributed by atoms with E-state index in [0.29, 0.717) is 16.7 Å². The lowest BCUT2D eigenvalue weighted by atomic mass is 10.1. The van der Waals surface area contributed by atoms with E-state index in [9.17, 15) is 14.4 Å². The Balaban J connectivity index is 2.46. The number of fused-ring (bicyclic) bond motifs is 1. The van der Waals surface area contributed by atoms with Crippen molar-refractivity contribution >= 4 is 22.7 Å². The number of pyridine rings is 2. The minimum absolute atomic E-state index is 0.0263. The number of anilines is 1. The lowest BCUT2D eigenvalue weighted by Crippen LogP contribution is -2.29.